The van der Waals surface area contributed by atoms with E-state index in [0.29, 0.717) is 23.2 Å². The molecule has 98 valence electrons. The van der Waals surface area contributed by atoms with Gasteiger partial charge in [0.2, 0.25) is 0 Å². The number of hydrazine groups is 1. The van der Waals surface area contributed by atoms with Gasteiger partial charge < -0.3 is 10.3 Å². The van der Waals surface area contributed by atoms with E-state index in [9.17, 15) is 4.79 Å². The highest BCUT2D eigenvalue weighted by Crippen LogP contribution is 2.27. The fourth-order valence-electron chi connectivity index (χ4n) is 1.74. The summed E-state index contributed by atoms with van der Waals surface area (Å²) >= 11 is 0. The predicted molar refractivity (Wildman–Crippen MR) is 69.0 cm³/mol. The predicted octanol–water partition coefficient (Wildman–Crippen LogP) is 1.12. The number of rotatable bonds is 4. The first-order valence-electron chi connectivity index (χ1n) is 6.15. The van der Waals surface area contributed by atoms with E-state index in [2.05, 4.69) is 15.4 Å². The molecule has 1 aromatic heterocycles. The van der Waals surface area contributed by atoms with E-state index in [0.717, 1.165) is 12.8 Å². The van der Waals surface area contributed by atoms with E-state index in [4.69, 9.17) is 5.84 Å². The molecule has 0 bridgehead atoms. The second-order valence-electron chi connectivity index (χ2n) is 4.94. The van der Waals surface area contributed by atoms with Gasteiger partial charge in [-0.1, -0.05) is 13.8 Å². The molecule has 1 aliphatic carbocycles. The van der Waals surface area contributed by atoms with Gasteiger partial charge >= 0.3 is 0 Å². The van der Waals surface area contributed by atoms with Crippen LogP contribution in [0.25, 0.3) is 0 Å². The number of nitrogen functional groups attached to an aromatic ring is 1. The first-order chi connectivity index (χ1) is 8.54. The summed E-state index contributed by atoms with van der Waals surface area (Å²) in [6, 6.07) is 0.348. The summed E-state index contributed by atoms with van der Waals surface area (Å²) in [7, 11) is 1.80. The summed E-state index contributed by atoms with van der Waals surface area (Å²) in [5.74, 6) is 6.13. The van der Waals surface area contributed by atoms with Gasteiger partial charge in [-0.3, -0.25) is 10.6 Å². The van der Waals surface area contributed by atoms with E-state index >= 15 is 0 Å². The third kappa shape index (κ3) is 2.43. The maximum Gasteiger partial charge on any atom is 0.274 e. The molecule has 6 heteroatoms. The van der Waals surface area contributed by atoms with Crippen molar-refractivity contribution in [2.45, 2.75) is 38.6 Å². The van der Waals surface area contributed by atoms with Crippen molar-refractivity contribution in [3.8, 4) is 0 Å². The van der Waals surface area contributed by atoms with Gasteiger partial charge in [0.05, 0.1) is 11.9 Å². The molecule has 0 radical (unpaired) electrons. The van der Waals surface area contributed by atoms with Crippen molar-refractivity contribution in [3.05, 3.63) is 17.7 Å². The highest BCUT2D eigenvalue weighted by Gasteiger charge is 2.32. The Morgan fingerprint density at radius 1 is 1.56 bits per heavy atom. The second kappa shape index (κ2) is 4.89. The smallest absolute Gasteiger partial charge is 0.274 e. The first-order valence-corrected chi connectivity index (χ1v) is 6.15. The number of anilines is 1. The zero-order valence-electron chi connectivity index (χ0n) is 11.0. The van der Waals surface area contributed by atoms with Crippen LogP contribution in [0.4, 0.5) is 5.69 Å². The number of nitrogens with two attached hydrogens (primary N) is 1. The molecule has 6 nitrogen and oxygen atoms in total. The lowest BCUT2D eigenvalue weighted by molar-refractivity contribution is 0.0779. The molecular formula is C12H19N5O. The van der Waals surface area contributed by atoms with Gasteiger partial charge in [-0.15, -0.1) is 0 Å². The molecule has 2 rings (SSSR count). The van der Waals surface area contributed by atoms with Crippen LogP contribution < -0.4 is 11.3 Å². The average molecular weight is 249 g/mol. The highest BCUT2D eigenvalue weighted by molar-refractivity contribution is 5.97. The van der Waals surface area contributed by atoms with E-state index in [1.54, 1.807) is 18.1 Å². The zero-order valence-corrected chi connectivity index (χ0v) is 11.0. The molecule has 1 heterocycles. The number of amides is 1. The van der Waals surface area contributed by atoms with Gasteiger partial charge in [0.25, 0.3) is 5.91 Å². The lowest BCUT2D eigenvalue weighted by Gasteiger charge is -2.18. The molecule has 1 amide bonds. The first kappa shape index (κ1) is 12.8. The van der Waals surface area contributed by atoms with Crippen molar-refractivity contribution >= 4 is 11.6 Å². The Hall–Kier alpha value is -1.69. The largest absolute Gasteiger partial charge is 0.337 e. The number of hydrogen-bond donors (Lipinski definition) is 2. The third-order valence-corrected chi connectivity index (χ3v) is 3.10. The molecule has 0 spiro atoms. The normalized spacial score (nSPS) is 14.7. The Balaban J connectivity index is 2.33. The Kier molecular flexibility index (Phi) is 3.47. The van der Waals surface area contributed by atoms with Gasteiger partial charge in [0, 0.05) is 19.0 Å². The molecule has 1 fully saturated rings. The van der Waals surface area contributed by atoms with E-state index in [-0.39, 0.29) is 11.8 Å². The summed E-state index contributed by atoms with van der Waals surface area (Å²) < 4.78 is 0. The van der Waals surface area contributed by atoms with Crippen molar-refractivity contribution < 1.29 is 4.79 Å². The minimum atomic E-state index is -0.102. The summed E-state index contributed by atoms with van der Waals surface area (Å²) in [5, 5.41) is 0. The molecule has 18 heavy (non-hydrogen) atoms. The number of nitrogens with zero attached hydrogens (tertiary/aromatic N) is 3. The molecule has 0 aromatic carbocycles. The van der Waals surface area contributed by atoms with Crippen molar-refractivity contribution in [2.24, 2.45) is 5.84 Å². The molecule has 0 atom stereocenters. The fourth-order valence-corrected chi connectivity index (χ4v) is 1.74. The van der Waals surface area contributed by atoms with E-state index in [1.807, 2.05) is 13.8 Å². The van der Waals surface area contributed by atoms with Crippen molar-refractivity contribution in [3.63, 3.8) is 0 Å². The Morgan fingerprint density at radius 2 is 2.22 bits per heavy atom. The maximum atomic E-state index is 12.3. The van der Waals surface area contributed by atoms with Crippen LogP contribution in [0, 0.1) is 0 Å². The summed E-state index contributed by atoms with van der Waals surface area (Å²) in [6.07, 6.45) is 3.70. The van der Waals surface area contributed by atoms with Crippen LogP contribution in [0.15, 0.2) is 6.20 Å². The minimum absolute atomic E-state index is 0.102. The standard InChI is InChI=1S/C12H19N5O/c1-7(2)11-14-6-9(16-13)10(15-11)12(18)17(3)8-4-5-8/h6-8,16H,4-5,13H2,1-3H3. The zero-order chi connectivity index (χ0) is 13.3. The molecule has 1 saturated carbocycles. The molecule has 0 aliphatic heterocycles. The summed E-state index contributed by atoms with van der Waals surface area (Å²) in [6.45, 7) is 3.98. The highest BCUT2D eigenvalue weighted by atomic mass is 16.2. The van der Waals surface area contributed by atoms with Crippen LogP contribution in [0.1, 0.15) is 48.9 Å². The Morgan fingerprint density at radius 3 is 2.72 bits per heavy atom. The molecule has 0 saturated heterocycles. The second-order valence-corrected chi connectivity index (χ2v) is 4.94. The molecular weight excluding hydrogens is 230 g/mol. The van der Waals surface area contributed by atoms with Gasteiger partial charge in [-0.05, 0) is 12.8 Å². The molecule has 3 N–H and O–H groups in total. The molecule has 1 aromatic rings. The van der Waals surface area contributed by atoms with Crippen LogP contribution in [0.2, 0.25) is 0 Å². The minimum Gasteiger partial charge on any atom is -0.337 e. The van der Waals surface area contributed by atoms with E-state index in [1.165, 1.54) is 0 Å². The van der Waals surface area contributed by atoms with Gasteiger partial charge in [0.1, 0.15) is 5.82 Å². The van der Waals surface area contributed by atoms with Crippen LogP contribution in [0.5, 0.6) is 0 Å². The van der Waals surface area contributed by atoms with Crippen LogP contribution in [0.3, 0.4) is 0 Å². The van der Waals surface area contributed by atoms with E-state index < -0.39 is 0 Å². The fraction of sp³-hybridized carbons (Fsp3) is 0.583. The van der Waals surface area contributed by atoms with Gasteiger partial charge in [-0.2, -0.15) is 0 Å². The number of nitrogens with one attached hydrogen (secondary N) is 1. The topological polar surface area (TPSA) is 84.1 Å². The lowest BCUT2D eigenvalue weighted by atomic mass is 10.2. The maximum absolute atomic E-state index is 12.3. The average Bonchev–Trinajstić information content (AvgIpc) is 3.20. The van der Waals surface area contributed by atoms with Gasteiger partial charge in [0.15, 0.2) is 5.69 Å². The van der Waals surface area contributed by atoms with Crippen molar-refractivity contribution in [2.75, 3.05) is 12.5 Å². The quantitative estimate of drug-likeness (QED) is 0.617. The number of carbonyl (C=O) groups is 1. The van der Waals surface area contributed by atoms with Crippen molar-refractivity contribution in [1.29, 1.82) is 0 Å². The SMILES string of the molecule is CC(C)c1ncc(NN)c(C(=O)N(C)C2CC2)n1. The lowest BCUT2D eigenvalue weighted by Crippen LogP contribution is -2.31. The van der Waals surface area contributed by atoms with Crippen LogP contribution in [-0.4, -0.2) is 33.9 Å². The number of aromatic nitrogens is 2. The summed E-state index contributed by atoms with van der Waals surface area (Å²) in [5.41, 5.74) is 3.31. The Labute approximate surface area is 107 Å². The Bertz CT molecular complexity index is 456. The van der Waals surface area contributed by atoms with Gasteiger partial charge in [-0.25, -0.2) is 9.97 Å². The molecule has 1 aliphatic rings. The van der Waals surface area contributed by atoms with Crippen LogP contribution in [-0.2, 0) is 0 Å². The summed E-state index contributed by atoms with van der Waals surface area (Å²) in [4.78, 5) is 22.6. The third-order valence-electron chi connectivity index (χ3n) is 3.10. The number of carbonyl (C=O) groups excluding carboxylic acids is 1. The molecule has 0 unspecified atom stereocenters. The van der Waals surface area contributed by atoms with Crippen LogP contribution >= 0.6 is 0 Å². The van der Waals surface area contributed by atoms with Crippen molar-refractivity contribution in [1.82, 2.24) is 14.9 Å². The number of hydrogen-bond acceptors (Lipinski definition) is 5. The monoisotopic (exact) mass is 249 g/mol.